The first-order valence-corrected chi connectivity index (χ1v) is 10.1. The van der Waals surface area contributed by atoms with Crippen molar-refractivity contribution >= 4 is 12.0 Å². The molecule has 10 nitrogen and oxygen atoms in total. The molecule has 1 aliphatic carbocycles. The standard InChI is InChI=1S/C19H35N3O7/c20-28-16-18(23)21-8-10-25-12-14-27-15-13-26-11-9-22-19(24)29-17-6-4-2-1-3-5-7-17/h1-2,17H,3-16,20H2,(H,21,23)(H,22,24)/b2-1-/t17-/m1/s1. The molecule has 168 valence electrons. The number of nitrogens with one attached hydrogen (secondary N) is 2. The van der Waals surface area contributed by atoms with Gasteiger partial charge in [0, 0.05) is 13.1 Å². The molecule has 0 bridgehead atoms. The fourth-order valence-corrected chi connectivity index (χ4v) is 2.59. The van der Waals surface area contributed by atoms with E-state index in [1.165, 1.54) is 0 Å². The summed E-state index contributed by atoms with van der Waals surface area (Å²) in [6.07, 6.45) is 8.77. The molecular weight excluding hydrogens is 382 g/mol. The number of ether oxygens (including phenoxy) is 4. The Morgan fingerprint density at radius 3 is 2.17 bits per heavy atom. The summed E-state index contributed by atoms with van der Waals surface area (Å²) in [4.78, 5) is 27.0. The first-order valence-electron chi connectivity index (χ1n) is 10.1. The van der Waals surface area contributed by atoms with Gasteiger partial charge in [0.05, 0.1) is 39.6 Å². The third-order valence-electron chi connectivity index (χ3n) is 4.04. The van der Waals surface area contributed by atoms with Crippen LogP contribution in [-0.4, -0.2) is 77.4 Å². The quantitative estimate of drug-likeness (QED) is 0.201. The summed E-state index contributed by atoms with van der Waals surface area (Å²) in [7, 11) is 0. The van der Waals surface area contributed by atoms with Gasteiger partial charge in [-0.15, -0.1) is 0 Å². The topological polar surface area (TPSA) is 130 Å². The van der Waals surface area contributed by atoms with Crippen LogP contribution in [-0.2, 0) is 28.6 Å². The van der Waals surface area contributed by atoms with E-state index in [2.05, 4.69) is 27.6 Å². The molecule has 0 heterocycles. The van der Waals surface area contributed by atoms with E-state index in [1.54, 1.807) is 0 Å². The van der Waals surface area contributed by atoms with Crippen molar-refractivity contribution < 1.29 is 33.4 Å². The summed E-state index contributed by atoms with van der Waals surface area (Å²) in [5.41, 5.74) is 0. The van der Waals surface area contributed by atoms with Crippen molar-refractivity contribution in [2.45, 2.75) is 38.2 Å². The van der Waals surface area contributed by atoms with Gasteiger partial charge in [0.15, 0.2) is 0 Å². The molecule has 1 aliphatic rings. The number of carbonyl (C=O) groups excluding carboxylic acids is 2. The smallest absolute Gasteiger partial charge is 0.407 e. The molecule has 0 aromatic heterocycles. The Balaban J connectivity index is 1.82. The Bertz CT molecular complexity index is 463. The molecule has 0 spiro atoms. The van der Waals surface area contributed by atoms with Crippen LogP contribution < -0.4 is 16.5 Å². The maximum atomic E-state index is 11.8. The minimum atomic E-state index is -0.386. The predicted octanol–water partition coefficient (Wildman–Crippen LogP) is 0.658. The lowest BCUT2D eigenvalue weighted by atomic mass is 10.0. The lowest BCUT2D eigenvalue weighted by Gasteiger charge is -2.18. The van der Waals surface area contributed by atoms with E-state index < -0.39 is 0 Å². The van der Waals surface area contributed by atoms with Gasteiger partial charge in [0.1, 0.15) is 12.7 Å². The molecule has 0 radical (unpaired) electrons. The van der Waals surface area contributed by atoms with E-state index in [1.807, 2.05) is 0 Å². The fraction of sp³-hybridized carbons (Fsp3) is 0.789. The average molecular weight is 418 g/mol. The fourth-order valence-electron chi connectivity index (χ4n) is 2.59. The van der Waals surface area contributed by atoms with Gasteiger partial charge in [-0.05, 0) is 32.1 Å². The molecule has 0 saturated carbocycles. The number of amides is 2. The molecule has 29 heavy (non-hydrogen) atoms. The maximum absolute atomic E-state index is 11.8. The Labute approximate surface area is 172 Å². The van der Waals surface area contributed by atoms with E-state index in [-0.39, 0.29) is 24.7 Å². The van der Waals surface area contributed by atoms with Crippen molar-refractivity contribution in [2.24, 2.45) is 5.90 Å². The summed E-state index contributed by atoms with van der Waals surface area (Å²) in [5.74, 6) is 4.49. The zero-order valence-electron chi connectivity index (χ0n) is 17.1. The van der Waals surface area contributed by atoms with Crippen LogP contribution in [0.5, 0.6) is 0 Å². The summed E-state index contributed by atoms with van der Waals surface area (Å²) >= 11 is 0. The first-order chi connectivity index (χ1) is 14.2. The Kier molecular flexibility index (Phi) is 16.0. The van der Waals surface area contributed by atoms with Gasteiger partial charge in [-0.1, -0.05) is 12.2 Å². The van der Waals surface area contributed by atoms with E-state index in [4.69, 9.17) is 24.8 Å². The highest BCUT2D eigenvalue weighted by atomic mass is 16.6. The SMILES string of the molecule is NOCC(=O)NCCOCCOCCOCCNC(=O)O[C@@H]1CC/C=C\CCC1. The lowest BCUT2D eigenvalue weighted by Crippen LogP contribution is -2.32. The zero-order chi connectivity index (χ0) is 21.0. The second kappa shape index (κ2) is 18.3. The van der Waals surface area contributed by atoms with E-state index >= 15 is 0 Å². The van der Waals surface area contributed by atoms with Crippen molar-refractivity contribution in [3.05, 3.63) is 12.2 Å². The van der Waals surface area contributed by atoms with Crippen LogP contribution in [0.4, 0.5) is 4.79 Å². The number of hydrogen-bond acceptors (Lipinski definition) is 8. The molecule has 0 saturated heterocycles. The molecule has 0 unspecified atom stereocenters. The van der Waals surface area contributed by atoms with Crippen molar-refractivity contribution in [1.82, 2.24) is 10.6 Å². The minimum Gasteiger partial charge on any atom is -0.446 e. The van der Waals surface area contributed by atoms with Crippen LogP contribution >= 0.6 is 0 Å². The Morgan fingerprint density at radius 2 is 1.48 bits per heavy atom. The highest BCUT2D eigenvalue weighted by Crippen LogP contribution is 2.15. The molecule has 0 aromatic carbocycles. The van der Waals surface area contributed by atoms with Crippen LogP contribution in [0.3, 0.4) is 0 Å². The van der Waals surface area contributed by atoms with Gasteiger partial charge in [-0.2, -0.15) is 0 Å². The van der Waals surface area contributed by atoms with Gasteiger partial charge < -0.3 is 29.6 Å². The second-order valence-electron chi connectivity index (χ2n) is 6.43. The number of rotatable bonds is 15. The molecule has 4 N–H and O–H groups in total. The van der Waals surface area contributed by atoms with Crippen LogP contribution in [0.1, 0.15) is 32.1 Å². The Hall–Kier alpha value is -1.72. The van der Waals surface area contributed by atoms with Gasteiger partial charge in [-0.3, -0.25) is 9.63 Å². The van der Waals surface area contributed by atoms with Gasteiger partial charge >= 0.3 is 6.09 Å². The van der Waals surface area contributed by atoms with Crippen molar-refractivity contribution in [3.8, 4) is 0 Å². The lowest BCUT2D eigenvalue weighted by molar-refractivity contribution is -0.126. The average Bonchev–Trinajstić information content (AvgIpc) is 2.67. The van der Waals surface area contributed by atoms with Crippen LogP contribution in [0.2, 0.25) is 0 Å². The number of carbonyl (C=O) groups is 2. The second-order valence-corrected chi connectivity index (χ2v) is 6.43. The summed E-state index contributed by atoms with van der Waals surface area (Å²) in [6, 6.07) is 0. The van der Waals surface area contributed by atoms with Crippen molar-refractivity contribution in [2.75, 3.05) is 59.3 Å². The minimum absolute atomic E-state index is 0.00675. The third kappa shape index (κ3) is 15.8. The van der Waals surface area contributed by atoms with Gasteiger partial charge in [0.2, 0.25) is 5.91 Å². The molecule has 0 aromatic rings. The molecule has 1 rings (SSSR count). The van der Waals surface area contributed by atoms with Crippen molar-refractivity contribution in [1.29, 1.82) is 0 Å². The Morgan fingerprint density at radius 1 is 0.862 bits per heavy atom. The van der Waals surface area contributed by atoms with Crippen molar-refractivity contribution in [3.63, 3.8) is 0 Å². The van der Waals surface area contributed by atoms with Crippen LogP contribution in [0.15, 0.2) is 12.2 Å². The van der Waals surface area contributed by atoms with E-state index in [9.17, 15) is 9.59 Å². The summed E-state index contributed by atoms with van der Waals surface area (Å²) in [6.45, 7) is 3.13. The summed E-state index contributed by atoms with van der Waals surface area (Å²) in [5, 5.41) is 5.28. The highest BCUT2D eigenvalue weighted by Gasteiger charge is 2.14. The first kappa shape index (κ1) is 25.3. The number of nitrogens with two attached hydrogens (primary N) is 1. The van der Waals surface area contributed by atoms with Gasteiger partial charge in [0.25, 0.3) is 0 Å². The normalized spacial score (nSPS) is 17.8. The van der Waals surface area contributed by atoms with Crippen LogP contribution in [0.25, 0.3) is 0 Å². The number of alkyl carbamates (subject to hydrolysis) is 1. The summed E-state index contributed by atoms with van der Waals surface area (Å²) < 4.78 is 21.5. The highest BCUT2D eigenvalue weighted by molar-refractivity contribution is 5.77. The molecule has 1 atom stereocenters. The molecule has 2 amide bonds. The zero-order valence-corrected chi connectivity index (χ0v) is 17.1. The van der Waals surface area contributed by atoms with Gasteiger partial charge in [-0.25, -0.2) is 10.7 Å². The molecule has 10 heteroatoms. The predicted molar refractivity (Wildman–Crippen MR) is 106 cm³/mol. The maximum Gasteiger partial charge on any atom is 0.407 e. The molecule has 0 fully saturated rings. The largest absolute Gasteiger partial charge is 0.446 e. The number of hydrogen-bond donors (Lipinski definition) is 3. The number of allylic oxidation sites excluding steroid dienone is 2. The van der Waals surface area contributed by atoms with E-state index in [0.29, 0.717) is 52.7 Å². The third-order valence-corrected chi connectivity index (χ3v) is 4.04. The molecular formula is C19H35N3O7. The monoisotopic (exact) mass is 417 g/mol. The van der Waals surface area contributed by atoms with Crippen LogP contribution in [0, 0.1) is 0 Å². The van der Waals surface area contributed by atoms with E-state index in [0.717, 1.165) is 32.1 Å². The molecule has 0 aliphatic heterocycles.